The molecule has 0 aliphatic heterocycles. The third-order valence-corrected chi connectivity index (χ3v) is 11.4. The Morgan fingerprint density at radius 1 is 0.364 bits per heavy atom. The van der Waals surface area contributed by atoms with Gasteiger partial charge < -0.3 is 14.2 Å². The topological polar surface area (TPSA) is 78.9 Å². The van der Waals surface area contributed by atoms with Crippen LogP contribution in [0.4, 0.5) is 0 Å². The Labute approximate surface area is 342 Å². The molecule has 1 unspecified atom stereocenters. The van der Waals surface area contributed by atoms with Crippen LogP contribution in [0.25, 0.3) is 0 Å². The first-order valence-electron chi connectivity index (χ1n) is 24.4. The minimum atomic E-state index is -0.758. The smallest absolute Gasteiger partial charge is 0.306 e. The Kier molecular flexibility index (Phi) is 42.3. The number of hydrogen-bond acceptors (Lipinski definition) is 6. The molecule has 0 aromatic heterocycles. The van der Waals surface area contributed by atoms with Gasteiger partial charge in [-0.05, 0) is 25.2 Å². The molecule has 0 aromatic carbocycles. The van der Waals surface area contributed by atoms with Gasteiger partial charge in [-0.2, -0.15) is 0 Å². The summed E-state index contributed by atoms with van der Waals surface area (Å²) in [5.41, 5.74) is 0. The quantitative estimate of drug-likeness (QED) is 0.0348. The van der Waals surface area contributed by atoms with Crippen LogP contribution in [0, 0.1) is 5.92 Å². The predicted molar refractivity (Wildman–Crippen MR) is 233 cm³/mol. The van der Waals surface area contributed by atoms with Crippen molar-refractivity contribution in [1.82, 2.24) is 0 Å². The van der Waals surface area contributed by atoms with E-state index in [9.17, 15) is 14.4 Å². The molecule has 0 aromatic rings. The van der Waals surface area contributed by atoms with Crippen LogP contribution in [0.5, 0.6) is 0 Å². The Bertz CT molecular complexity index is 828. The Hall–Kier alpha value is -1.59. The summed E-state index contributed by atoms with van der Waals surface area (Å²) < 4.78 is 16.7. The number of esters is 3. The molecule has 0 bridgehead atoms. The summed E-state index contributed by atoms with van der Waals surface area (Å²) in [4.78, 5) is 37.7. The van der Waals surface area contributed by atoms with Crippen molar-refractivity contribution in [3.05, 3.63) is 0 Å². The van der Waals surface area contributed by atoms with E-state index in [0.29, 0.717) is 19.3 Å². The molecule has 0 aliphatic carbocycles. The summed E-state index contributed by atoms with van der Waals surface area (Å²) in [5.74, 6) is 0.0389. The lowest BCUT2D eigenvalue weighted by Crippen LogP contribution is -2.30. The molecular weight excluding hydrogens is 685 g/mol. The van der Waals surface area contributed by atoms with Gasteiger partial charge in [-0.25, -0.2) is 0 Å². The van der Waals surface area contributed by atoms with E-state index in [1.165, 1.54) is 167 Å². The van der Waals surface area contributed by atoms with E-state index in [4.69, 9.17) is 14.2 Å². The SMILES string of the molecule is CCCCCCCCCCCCCCC(=O)OC[C@@H](COC(=O)CCCCCCCCC)OC(=O)CCCCCCCCCCCCCCCCC(C)CC. The molecule has 326 valence electrons. The van der Waals surface area contributed by atoms with Gasteiger partial charge >= 0.3 is 17.9 Å². The van der Waals surface area contributed by atoms with E-state index >= 15 is 0 Å². The molecule has 0 radical (unpaired) electrons. The van der Waals surface area contributed by atoms with Crippen LogP contribution < -0.4 is 0 Å². The van der Waals surface area contributed by atoms with Gasteiger partial charge in [-0.1, -0.05) is 233 Å². The van der Waals surface area contributed by atoms with Crippen molar-refractivity contribution >= 4 is 17.9 Å². The summed E-state index contributed by atoms with van der Waals surface area (Å²) in [6.45, 7) is 9.01. The number of rotatable bonds is 44. The van der Waals surface area contributed by atoms with E-state index < -0.39 is 6.10 Å². The fourth-order valence-corrected chi connectivity index (χ4v) is 7.30. The molecule has 0 aliphatic rings. The second-order valence-corrected chi connectivity index (χ2v) is 17.0. The molecule has 0 saturated carbocycles. The molecule has 0 rings (SSSR count). The van der Waals surface area contributed by atoms with Gasteiger partial charge in [0.2, 0.25) is 0 Å². The second kappa shape index (κ2) is 43.5. The molecule has 55 heavy (non-hydrogen) atoms. The fraction of sp³-hybridized carbons (Fsp3) is 0.939. The lowest BCUT2D eigenvalue weighted by Gasteiger charge is -2.18. The number of hydrogen-bond donors (Lipinski definition) is 0. The number of unbranched alkanes of at least 4 members (excludes halogenated alkanes) is 30. The van der Waals surface area contributed by atoms with Crippen LogP contribution in [0.1, 0.15) is 272 Å². The van der Waals surface area contributed by atoms with E-state index in [1.807, 2.05) is 0 Å². The lowest BCUT2D eigenvalue weighted by atomic mass is 9.99. The standard InChI is InChI=1S/C49H94O6/c1-5-8-10-12-14-15-16-22-25-29-33-37-41-48(51)54-44-46(43-53-47(50)40-36-32-27-13-11-9-6-2)55-49(52)42-38-34-30-26-23-20-18-17-19-21-24-28-31-35-39-45(4)7-3/h45-46H,5-44H2,1-4H3/t45?,46-/m1/s1. The molecule has 2 atom stereocenters. The van der Waals surface area contributed by atoms with Gasteiger partial charge in [0.05, 0.1) is 0 Å². The first-order chi connectivity index (χ1) is 26.9. The highest BCUT2D eigenvalue weighted by Gasteiger charge is 2.19. The van der Waals surface area contributed by atoms with Gasteiger partial charge in [0.15, 0.2) is 6.10 Å². The molecule has 0 heterocycles. The van der Waals surface area contributed by atoms with Gasteiger partial charge in [0.25, 0.3) is 0 Å². The van der Waals surface area contributed by atoms with Gasteiger partial charge in [0.1, 0.15) is 13.2 Å². The highest BCUT2D eigenvalue weighted by Crippen LogP contribution is 2.17. The van der Waals surface area contributed by atoms with Crippen LogP contribution in [-0.2, 0) is 28.6 Å². The monoisotopic (exact) mass is 779 g/mol. The third kappa shape index (κ3) is 41.9. The van der Waals surface area contributed by atoms with Gasteiger partial charge in [-0.15, -0.1) is 0 Å². The molecule has 6 nitrogen and oxygen atoms in total. The fourth-order valence-electron chi connectivity index (χ4n) is 7.30. The minimum absolute atomic E-state index is 0.0636. The Morgan fingerprint density at radius 3 is 0.945 bits per heavy atom. The predicted octanol–water partition coefficient (Wildman–Crippen LogP) is 15.5. The molecule has 6 heteroatoms. The highest BCUT2D eigenvalue weighted by molar-refractivity contribution is 5.71. The van der Waals surface area contributed by atoms with Crippen molar-refractivity contribution in [1.29, 1.82) is 0 Å². The third-order valence-electron chi connectivity index (χ3n) is 11.4. The number of ether oxygens (including phenoxy) is 3. The van der Waals surface area contributed by atoms with Crippen molar-refractivity contribution in [2.24, 2.45) is 5.92 Å². The number of carbonyl (C=O) groups excluding carboxylic acids is 3. The lowest BCUT2D eigenvalue weighted by molar-refractivity contribution is -0.167. The zero-order chi connectivity index (χ0) is 40.3. The average Bonchev–Trinajstić information content (AvgIpc) is 3.18. The highest BCUT2D eigenvalue weighted by atomic mass is 16.6. The summed E-state index contributed by atoms with van der Waals surface area (Å²) in [6, 6.07) is 0. The van der Waals surface area contributed by atoms with Crippen molar-refractivity contribution < 1.29 is 28.6 Å². The van der Waals surface area contributed by atoms with Crippen LogP contribution >= 0.6 is 0 Å². The maximum absolute atomic E-state index is 12.7. The molecule has 0 amide bonds. The van der Waals surface area contributed by atoms with Crippen LogP contribution in [0.3, 0.4) is 0 Å². The second-order valence-electron chi connectivity index (χ2n) is 17.0. The molecule has 0 fully saturated rings. The minimum Gasteiger partial charge on any atom is -0.462 e. The summed E-state index contributed by atoms with van der Waals surface area (Å²) in [5, 5.41) is 0. The normalized spacial score (nSPS) is 12.4. The van der Waals surface area contributed by atoms with E-state index in [-0.39, 0.29) is 31.1 Å². The summed E-state index contributed by atoms with van der Waals surface area (Å²) in [6.07, 6.45) is 43.8. The molecule has 0 spiro atoms. The van der Waals surface area contributed by atoms with Crippen molar-refractivity contribution in [3.63, 3.8) is 0 Å². The van der Waals surface area contributed by atoms with Crippen molar-refractivity contribution in [3.8, 4) is 0 Å². The maximum Gasteiger partial charge on any atom is 0.306 e. The largest absolute Gasteiger partial charge is 0.462 e. The van der Waals surface area contributed by atoms with Crippen molar-refractivity contribution in [2.45, 2.75) is 278 Å². The van der Waals surface area contributed by atoms with Crippen molar-refractivity contribution in [2.75, 3.05) is 13.2 Å². The average molecular weight is 779 g/mol. The number of carbonyl (C=O) groups is 3. The van der Waals surface area contributed by atoms with E-state index in [2.05, 4.69) is 27.7 Å². The summed E-state index contributed by atoms with van der Waals surface area (Å²) >= 11 is 0. The Balaban J connectivity index is 4.21. The molecule has 0 N–H and O–H groups in total. The van der Waals surface area contributed by atoms with Gasteiger partial charge in [0, 0.05) is 19.3 Å². The van der Waals surface area contributed by atoms with Crippen LogP contribution in [-0.4, -0.2) is 37.2 Å². The molecule has 0 saturated heterocycles. The molecular formula is C49H94O6. The van der Waals surface area contributed by atoms with Gasteiger partial charge in [-0.3, -0.25) is 14.4 Å². The first-order valence-corrected chi connectivity index (χ1v) is 24.4. The van der Waals surface area contributed by atoms with E-state index in [1.54, 1.807) is 0 Å². The van der Waals surface area contributed by atoms with E-state index in [0.717, 1.165) is 63.7 Å². The zero-order valence-corrected chi connectivity index (χ0v) is 37.4. The maximum atomic E-state index is 12.7. The Morgan fingerprint density at radius 2 is 0.636 bits per heavy atom. The van der Waals surface area contributed by atoms with Crippen LogP contribution in [0.15, 0.2) is 0 Å². The zero-order valence-electron chi connectivity index (χ0n) is 37.4. The first kappa shape index (κ1) is 53.4. The van der Waals surface area contributed by atoms with Crippen LogP contribution in [0.2, 0.25) is 0 Å². The summed E-state index contributed by atoms with van der Waals surface area (Å²) in [7, 11) is 0.